The minimum absolute atomic E-state index is 0.234. The highest BCUT2D eigenvalue weighted by molar-refractivity contribution is 5.96. The molecule has 0 aliphatic carbocycles. The summed E-state index contributed by atoms with van der Waals surface area (Å²) in [5, 5.41) is 20.4. The molecule has 1 aliphatic rings. The Morgan fingerprint density at radius 1 is 0.971 bits per heavy atom. The molecule has 8 nitrogen and oxygen atoms in total. The van der Waals surface area contributed by atoms with Gasteiger partial charge in [0, 0.05) is 14.1 Å². The number of aromatic nitrogens is 3. The van der Waals surface area contributed by atoms with E-state index in [1.54, 1.807) is 13.1 Å². The van der Waals surface area contributed by atoms with Crippen LogP contribution in [-0.4, -0.2) is 30.5 Å². The topological polar surface area (TPSA) is 98.6 Å². The molecule has 1 aliphatic heterocycles. The van der Waals surface area contributed by atoms with Crippen molar-refractivity contribution in [2.45, 2.75) is 32.4 Å². The van der Waals surface area contributed by atoms with Gasteiger partial charge in [0.05, 0.1) is 34.4 Å². The molecular weight excluding hydrogens is 434 g/mol. The highest BCUT2D eigenvalue weighted by atomic mass is 16.5. The van der Waals surface area contributed by atoms with Crippen molar-refractivity contribution in [3.8, 4) is 22.8 Å². The monoisotopic (exact) mass is 461 g/mol. The number of hydrogen-bond donors (Lipinski definition) is 2. The van der Waals surface area contributed by atoms with Crippen molar-refractivity contribution < 1.29 is 14.9 Å². The normalized spacial score (nSPS) is 17.1. The number of rotatable bonds is 2. The fraction of sp³-hybridized carbons (Fsp3) is 0.308. The zero-order valence-corrected chi connectivity index (χ0v) is 19.8. The van der Waals surface area contributed by atoms with E-state index in [-0.39, 0.29) is 17.1 Å². The molecule has 0 amide bonds. The summed E-state index contributed by atoms with van der Waals surface area (Å²) in [6, 6.07) is 12.5. The van der Waals surface area contributed by atoms with E-state index in [1.165, 1.54) is 23.7 Å². The smallest absolute Gasteiger partial charge is 0.331 e. The summed E-state index contributed by atoms with van der Waals surface area (Å²) in [5.41, 5.74) is 3.09. The standard InChI is InChI=1S/C26H27N3O5/c1-14-6-8-15(9-7-14)20-19-21(27(4)25(33)28(5)24(19)32)22-23(34-13-26(2,3)29(20)22)16-10-11-17(30)18(31)12-16/h6-12,23,30-31H,13H2,1-5H3/t23-/m1/s1. The lowest BCUT2D eigenvalue weighted by molar-refractivity contribution is -0.00716. The van der Waals surface area contributed by atoms with Crippen LogP contribution < -0.4 is 11.2 Å². The van der Waals surface area contributed by atoms with Gasteiger partial charge in [0.25, 0.3) is 5.56 Å². The van der Waals surface area contributed by atoms with Gasteiger partial charge >= 0.3 is 5.69 Å². The molecule has 0 saturated heterocycles. The summed E-state index contributed by atoms with van der Waals surface area (Å²) in [7, 11) is 3.13. The first-order valence-electron chi connectivity index (χ1n) is 11.1. The van der Waals surface area contributed by atoms with E-state index in [9.17, 15) is 19.8 Å². The Bertz CT molecular complexity index is 1570. The van der Waals surface area contributed by atoms with Gasteiger partial charge in [-0.3, -0.25) is 13.9 Å². The molecule has 3 heterocycles. The van der Waals surface area contributed by atoms with Gasteiger partial charge in [-0.05, 0) is 44.0 Å². The third-order valence-corrected chi connectivity index (χ3v) is 6.69. The van der Waals surface area contributed by atoms with E-state index in [2.05, 4.69) is 4.57 Å². The van der Waals surface area contributed by atoms with Crippen LogP contribution in [0.4, 0.5) is 0 Å². The second-order valence-corrected chi connectivity index (χ2v) is 9.62. The van der Waals surface area contributed by atoms with Crippen molar-refractivity contribution >= 4 is 10.9 Å². The average Bonchev–Trinajstić information content (AvgIpc) is 3.16. The molecule has 0 fully saturated rings. The van der Waals surface area contributed by atoms with E-state index in [1.807, 2.05) is 45.0 Å². The van der Waals surface area contributed by atoms with Gasteiger partial charge in [0.2, 0.25) is 0 Å². The van der Waals surface area contributed by atoms with Gasteiger partial charge < -0.3 is 19.5 Å². The van der Waals surface area contributed by atoms with Crippen LogP contribution in [0.25, 0.3) is 22.2 Å². The molecule has 0 radical (unpaired) electrons. The second-order valence-electron chi connectivity index (χ2n) is 9.62. The first kappa shape index (κ1) is 22.0. The first-order valence-corrected chi connectivity index (χ1v) is 11.1. The summed E-state index contributed by atoms with van der Waals surface area (Å²) in [5.74, 6) is -0.501. The number of benzene rings is 2. The molecule has 5 rings (SSSR count). The Morgan fingerprint density at radius 3 is 2.29 bits per heavy atom. The van der Waals surface area contributed by atoms with Crippen LogP contribution >= 0.6 is 0 Å². The van der Waals surface area contributed by atoms with Crippen molar-refractivity contribution in [3.05, 3.63) is 80.1 Å². The maximum Gasteiger partial charge on any atom is 0.331 e. The number of phenolic OH excluding ortho intramolecular Hbond substituents is 2. The fourth-order valence-corrected chi connectivity index (χ4v) is 4.94. The molecule has 2 aromatic heterocycles. The van der Waals surface area contributed by atoms with Crippen LogP contribution in [0.1, 0.15) is 36.8 Å². The Hall–Kier alpha value is -3.78. The predicted molar refractivity (Wildman–Crippen MR) is 129 cm³/mol. The van der Waals surface area contributed by atoms with Crippen LogP contribution in [0.5, 0.6) is 11.5 Å². The Labute approximate surface area is 195 Å². The largest absolute Gasteiger partial charge is 0.504 e. The van der Waals surface area contributed by atoms with Gasteiger partial charge in [-0.2, -0.15) is 0 Å². The van der Waals surface area contributed by atoms with Crippen molar-refractivity contribution in [2.75, 3.05) is 6.61 Å². The van der Waals surface area contributed by atoms with Crippen LogP contribution in [0, 0.1) is 6.92 Å². The zero-order chi connectivity index (χ0) is 24.5. The molecule has 0 spiro atoms. The zero-order valence-electron chi connectivity index (χ0n) is 19.8. The molecule has 176 valence electrons. The van der Waals surface area contributed by atoms with E-state index in [0.29, 0.717) is 28.8 Å². The quantitative estimate of drug-likeness (QED) is 0.447. The summed E-state index contributed by atoms with van der Waals surface area (Å²) in [4.78, 5) is 26.5. The lowest BCUT2D eigenvalue weighted by atomic mass is 9.97. The van der Waals surface area contributed by atoms with Crippen LogP contribution in [0.3, 0.4) is 0 Å². The van der Waals surface area contributed by atoms with Crippen LogP contribution in [-0.2, 0) is 24.4 Å². The van der Waals surface area contributed by atoms with Crippen LogP contribution in [0.15, 0.2) is 52.1 Å². The lowest BCUT2D eigenvalue weighted by Gasteiger charge is -2.39. The van der Waals surface area contributed by atoms with Crippen molar-refractivity contribution in [1.29, 1.82) is 0 Å². The van der Waals surface area contributed by atoms with Crippen molar-refractivity contribution in [2.24, 2.45) is 14.1 Å². The third-order valence-electron chi connectivity index (χ3n) is 6.69. The molecule has 0 saturated carbocycles. The Kier molecular flexibility index (Phi) is 4.77. The molecule has 2 N–H and O–H groups in total. The van der Waals surface area contributed by atoms with E-state index < -0.39 is 17.3 Å². The summed E-state index contributed by atoms with van der Waals surface area (Å²) in [6.07, 6.45) is -0.668. The highest BCUT2D eigenvalue weighted by Crippen LogP contribution is 2.46. The molecule has 2 aromatic carbocycles. The Balaban J connectivity index is 1.99. The molecule has 8 heteroatoms. The second kappa shape index (κ2) is 7.36. The number of fused-ring (bicyclic) bond motifs is 3. The van der Waals surface area contributed by atoms with Gasteiger partial charge in [-0.1, -0.05) is 35.9 Å². The fourth-order valence-electron chi connectivity index (χ4n) is 4.94. The van der Waals surface area contributed by atoms with Gasteiger partial charge in [0.1, 0.15) is 6.10 Å². The average molecular weight is 462 g/mol. The molecule has 0 unspecified atom stereocenters. The molecule has 1 atom stereocenters. The highest BCUT2D eigenvalue weighted by Gasteiger charge is 2.40. The minimum atomic E-state index is -0.668. The predicted octanol–water partition coefficient (Wildman–Crippen LogP) is 3.28. The van der Waals surface area contributed by atoms with E-state index in [0.717, 1.165) is 21.4 Å². The summed E-state index contributed by atoms with van der Waals surface area (Å²) in [6.45, 7) is 6.39. The van der Waals surface area contributed by atoms with Crippen molar-refractivity contribution in [1.82, 2.24) is 13.7 Å². The van der Waals surface area contributed by atoms with Gasteiger partial charge in [-0.25, -0.2) is 4.79 Å². The number of phenols is 2. The van der Waals surface area contributed by atoms with Crippen LogP contribution in [0.2, 0.25) is 0 Å². The summed E-state index contributed by atoms with van der Waals surface area (Å²) < 4.78 is 11.0. The maximum absolute atomic E-state index is 13.6. The van der Waals surface area contributed by atoms with E-state index >= 15 is 0 Å². The number of aryl methyl sites for hydroxylation is 2. The number of aromatic hydroxyl groups is 2. The molecule has 4 aromatic rings. The number of nitrogens with zero attached hydrogens (tertiary/aromatic N) is 3. The molecule has 0 bridgehead atoms. The van der Waals surface area contributed by atoms with Crippen molar-refractivity contribution in [3.63, 3.8) is 0 Å². The third kappa shape index (κ3) is 3.02. The molecule has 34 heavy (non-hydrogen) atoms. The number of ether oxygens (including phenoxy) is 1. The lowest BCUT2D eigenvalue weighted by Crippen LogP contribution is -2.40. The van der Waals surface area contributed by atoms with Gasteiger partial charge in [0.15, 0.2) is 11.5 Å². The Morgan fingerprint density at radius 2 is 1.65 bits per heavy atom. The maximum atomic E-state index is 13.6. The SMILES string of the molecule is Cc1ccc(-c2c3c(=O)n(C)c(=O)n(C)c3c3n2C(C)(C)CO[C@@H]3c2ccc(O)c(O)c2)cc1. The van der Waals surface area contributed by atoms with E-state index in [4.69, 9.17) is 4.74 Å². The minimum Gasteiger partial charge on any atom is -0.504 e. The first-order chi connectivity index (χ1) is 16.0. The number of hydrogen-bond acceptors (Lipinski definition) is 5. The van der Waals surface area contributed by atoms with Gasteiger partial charge in [-0.15, -0.1) is 0 Å². The summed E-state index contributed by atoms with van der Waals surface area (Å²) >= 11 is 0. The molecular formula is C26H27N3O5.